The first-order valence-electron chi connectivity index (χ1n) is 9.59. The molecule has 1 saturated heterocycles. The highest BCUT2D eigenvalue weighted by atomic mass is 127. The zero-order valence-electron chi connectivity index (χ0n) is 17.0. The Kier molecular flexibility index (Phi) is 13.0. The zero-order chi connectivity index (χ0) is 18.8. The maximum Gasteiger partial charge on any atom is 0.409 e. The number of nitrogens with zero attached hydrogens (tertiary/aromatic N) is 3. The van der Waals surface area contributed by atoms with Crippen LogP contribution in [0.2, 0.25) is 0 Å². The van der Waals surface area contributed by atoms with Crippen LogP contribution in [-0.4, -0.2) is 72.8 Å². The number of piperidine rings is 1. The van der Waals surface area contributed by atoms with E-state index in [0.29, 0.717) is 37.7 Å². The van der Waals surface area contributed by atoms with Crippen molar-refractivity contribution in [3.05, 3.63) is 0 Å². The number of rotatable bonds is 8. The number of nitrogens with two attached hydrogens (primary N) is 1. The fraction of sp³-hybridized carbons (Fsp3) is 0.889. The molecule has 0 spiro atoms. The molecule has 1 aliphatic rings. The lowest BCUT2D eigenvalue weighted by Gasteiger charge is -2.32. The third-order valence-electron chi connectivity index (χ3n) is 4.56. The van der Waals surface area contributed by atoms with Crippen LogP contribution in [0.15, 0.2) is 4.99 Å². The van der Waals surface area contributed by atoms with E-state index in [1.165, 1.54) is 0 Å². The average molecular weight is 483 g/mol. The Morgan fingerprint density at radius 3 is 2.35 bits per heavy atom. The van der Waals surface area contributed by atoms with Crippen molar-refractivity contribution in [3.63, 3.8) is 0 Å². The van der Waals surface area contributed by atoms with E-state index in [4.69, 9.17) is 10.5 Å². The van der Waals surface area contributed by atoms with Crippen molar-refractivity contribution < 1.29 is 9.53 Å². The van der Waals surface area contributed by atoms with Gasteiger partial charge in [-0.05, 0) is 53.9 Å². The Morgan fingerprint density at radius 2 is 1.85 bits per heavy atom. The molecule has 0 saturated carbocycles. The van der Waals surface area contributed by atoms with E-state index in [9.17, 15) is 4.79 Å². The summed E-state index contributed by atoms with van der Waals surface area (Å²) in [6.45, 7) is 14.3. The Balaban J connectivity index is 0.00000625. The molecule has 8 heteroatoms. The van der Waals surface area contributed by atoms with E-state index < -0.39 is 0 Å². The van der Waals surface area contributed by atoms with E-state index >= 15 is 0 Å². The predicted molar refractivity (Wildman–Crippen MR) is 118 cm³/mol. The number of halogens is 1. The summed E-state index contributed by atoms with van der Waals surface area (Å²) in [5.41, 5.74) is 6.00. The summed E-state index contributed by atoms with van der Waals surface area (Å²) in [7, 11) is 0. The number of carbonyl (C=O) groups is 1. The van der Waals surface area contributed by atoms with Crippen LogP contribution in [0.4, 0.5) is 4.79 Å². The van der Waals surface area contributed by atoms with Gasteiger partial charge in [-0.1, -0.05) is 0 Å². The number of aliphatic imine (C=N–C) groups is 1. The van der Waals surface area contributed by atoms with E-state index in [-0.39, 0.29) is 36.1 Å². The van der Waals surface area contributed by atoms with Crippen molar-refractivity contribution in [3.8, 4) is 0 Å². The number of hydrogen-bond donors (Lipinski definition) is 2. The van der Waals surface area contributed by atoms with Gasteiger partial charge in [0.05, 0.1) is 6.61 Å². The molecule has 1 rings (SSSR count). The lowest BCUT2D eigenvalue weighted by Crippen LogP contribution is -2.48. The number of hydrogen-bond acceptors (Lipinski definition) is 4. The molecule has 154 valence electrons. The van der Waals surface area contributed by atoms with Crippen molar-refractivity contribution >= 4 is 36.0 Å². The number of ether oxygens (including phenoxy) is 1. The molecule has 3 N–H and O–H groups in total. The largest absolute Gasteiger partial charge is 0.450 e. The van der Waals surface area contributed by atoms with Crippen molar-refractivity contribution in [1.29, 1.82) is 0 Å². The topological polar surface area (TPSA) is 83.2 Å². The molecule has 0 aromatic rings. The second kappa shape index (κ2) is 13.4. The molecule has 1 aliphatic heterocycles. The molecular formula is C18H38IN5O2. The van der Waals surface area contributed by atoms with Gasteiger partial charge in [-0.15, -0.1) is 24.0 Å². The molecule has 0 atom stereocenters. The lowest BCUT2D eigenvalue weighted by molar-refractivity contribution is 0.0963. The molecular weight excluding hydrogens is 445 g/mol. The summed E-state index contributed by atoms with van der Waals surface area (Å²) in [5.74, 6) is 0.509. The maximum atomic E-state index is 11.7. The number of guanidine groups is 1. The van der Waals surface area contributed by atoms with Crippen molar-refractivity contribution in [2.75, 3.05) is 32.8 Å². The third-order valence-corrected chi connectivity index (χ3v) is 4.56. The second-order valence-electron chi connectivity index (χ2n) is 7.15. The number of carbonyl (C=O) groups excluding carboxylic acids is 1. The van der Waals surface area contributed by atoms with Crippen LogP contribution in [0.5, 0.6) is 0 Å². The Morgan fingerprint density at radius 1 is 1.27 bits per heavy atom. The quantitative estimate of drug-likeness (QED) is 0.240. The van der Waals surface area contributed by atoms with Crippen molar-refractivity contribution in [2.24, 2.45) is 10.7 Å². The van der Waals surface area contributed by atoms with Crippen LogP contribution >= 0.6 is 24.0 Å². The van der Waals surface area contributed by atoms with E-state index in [0.717, 1.165) is 32.4 Å². The molecule has 1 amide bonds. The summed E-state index contributed by atoms with van der Waals surface area (Å²) >= 11 is 0. The third kappa shape index (κ3) is 9.25. The molecule has 0 aromatic carbocycles. The Labute approximate surface area is 176 Å². The first kappa shape index (κ1) is 25.2. The van der Waals surface area contributed by atoms with Crippen LogP contribution in [0.1, 0.15) is 53.9 Å². The molecule has 26 heavy (non-hydrogen) atoms. The highest BCUT2D eigenvalue weighted by Crippen LogP contribution is 2.11. The van der Waals surface area contributed by atoms with E-state index in [2.05, 4.69) is 42.9 Å². The standard InChI is InChI=1S/C18H37N5O2.HI/c1-6-25-18(24)22-12-8-16(9-13-22)21-17(19)20-10-7-11-23(14(2)3)15(4)5;/h14-16H,6-13H2,1-5H3,(H3,19,20,21);1H. The molecule has 1 fully saturated rings. The van der Waals surface area contributed by atoms with Gasteiger partial charge in [0.2, 0.25) is 0 Å². The first-order chi connectivity index (χ1) is 11.8. The highest BCUT2D eigenvalue weighted by Gasteiger charge is 2.23. The molecule has 7 nitrogen and oxygen atoms in total. The smallest absolute Gasteiger partial charge is 0.409 e. The molecule has 0 aromatic heterocycles. The summed E-state index contributed by atoms with van der Waals surface area (Å²) in [6, 6.07) is 1.37. The molecule has 0 unspecified atom stereocenters. The van der Waals surface area contributed by atoms with E-state index in [1.807, 2.05) is 6.92 Å². The summed E-state index contributed by atoms with van der Waals surface area (Å²) in [4.78, 5) is 20.3. The Bertz CT molecular complexity index is 416. The first-order valence-corrected chi connectivity index (χ1v) is 9.59. The van der Waals surface area contributed by atoms with Gasteiger partial charge < -0.3 is 20.7 Å². The minimum absolute atomic E-state index is 0. The van der Waals surface area contributed by atoms with Crippen molar-refractivity contribution in [1.82, 2.24) is 15.1 Å². The molecule has 0 aliphatic carbocycles. The Hall–Kier alpha value is -0.770. The average Bonchev–Trinajstić information content (AvgIpc) is 2.54. The fourth-order valence-electron chi connectivity index (χ4n) is 3.24. The van der Waals surface area contributed by atoms with Crippen LogP contribution in [0.3, 0.4) is 0 Å². The number of nitrogens with one attached hydrogen (secondary N) is 1. The second-order valence-corrected chi connectivity index (χ2v) is 7.15. The summed E-state index contributed by atoms with van der Waals surface area (Å²) in [6.07, 6.45) is 2.51. The lowest BCUT2D eigenvalue weighted by atomic mass is 10.1. The SMILES string of the molecule is CCOC(=O)N1CCC(NC(N)=NCCCN(C(C)C)C(C)C)CC1.I. The van der Waals surface area contributed by atoms with Crippen LogP contribution in [-0.2, 0) is 4.74 Å². The van der Waals surface area contributed by atoms with Gasteiger partial charge >= 0.3 is 6.09 Å². The molecule has 0 bridgehead atoms. The normalized spacial score (nSPS) is 16.2. The highest BCUT2D eigenvalue weighted by molar-refractivity contribution is 14.0. The summed E-state index contributed by atoms with van der Waals surface area (Å²) < 4.78 is 5.03. The number of likely N-dealkylation sites (tertiary alicyclic amines) is 1. The molecule has 1 heterocycles. The van der Waals surface area contributed by atoms with Gasteiger partial charge in [-0.2, -0.15) is 0 Å². The van der Waals surface area contributed by atoms with Gasteiger partial charge in [0.15, 0.2) is 5.96 Å². The zero-order valence-corrected chi connectivity index (χ0v) is 19.4. The summed E-state index contributed by atoms with van der Waals surface area (Å²) in [5, 5.41) is 3.28. The minimum Gasteiger partial charge on any atom is -0.450 e. The van der Waals surface area contributed by atoms with Gasteiger partial charge in [0.1, 0.15) is 0 Å². The van der Waals surface area contributed by atoms with E-state index in [1.54, 1.807) is 4.90 Å². The number of amides is 1. The van der Waals surface area contributed by atoms with Crippen LogP contribution < -0.4 is 11.1 Å². The van der Waals surface area contributed by atoms with Crippen molar-refractivity contribution in [2.45, 2.75) is 72.0 Å². The molecule has 0 radical (unpaired) electrons. The van der Waals surface area contributed by atoms with Crippen LogP contribution in [0, 0.1) is 0 Å². The fourth-order valence-corrected chi connectivity index (χ4v) is 3.24. The predicted octanol–water partition coefficient (Wildman–Crippen LogP) is 2.64. The van der Waals surface area contributed by atoms with Gasteiger partial charge in [-0.25, -0.2) is 4.79 Å². The monoisotopic (exact) mass is 483 g/mol. The van der Waals surface area contributed by atoms with Crippen LogP contribution in [0.25, 0.3) is 0 Å². The van der Waals surface area contributed by atoms with Gasteiger partial charge in [-0.3, -0.25) is 9.89 Å². The minimum atomic E-state index is -0.220. The van der Waals surface area contributed by atoms with Gasteiger partial charge in [0, 0.05) is 44.3 Å². The maximum absolute atomic E-state index is 11.7. The van der Waals surface area contributed by atoms with Gasteiger partial charge in [0.25, 0.3) is 0 Å².